The Labute approximate surface area is 247 Å². The smallest absolute Gasteiger partial charge is 0.256 e. The van der Waals surface area contributed by atoms with Gasteiger partial charge in [-0.1, -0.05) is 83.9 Å². The first kappa shape index (κ1) is 24.6. The lowest BCUT2D eigenvalue weighted by molar-refractivity contribution is 0.487. The molecule has 0 radical (unpaired) electrons. The van der Waals surface area contributed by atoms with Gasteiger partial charge in [0.05, 0.1) is 0 Å². The third-order valence-corrected chi connectivity index (χ3v) is 8.45. The largest absolute Gasteiger partial charge is 0.458 e. The van der Waals surface area contributed by atoms with Gasteiger partial charge < -0.3 is 14.5 Å². The zero-order chi connectivity index (χ0) is 28.2. The van der Waals surface area contributed by atoms with Gasteiger partial charge in [-0.3, -0.25) is 0 Å². The summed E-state index contributed by atoms with van der Waals surface area (Å²) in [5.74, 6) is 1.81. The zero-order valence-corrected chi connectivity index (χ0v) is 23.7. The Morgan fingerprint density at radius 3 is 1.86 bits per heavy atom. The Morgan fingerprint density at radius 2 is 1.14 bits per heavy atom. The first-order chi connectivity index (χ1) is 20.7. The summed E-state index contributed by atoms with van der Waals surface area (Å²) < 4.78 is 6.77. The highest BCUT2D eigenvalue weighted by atomic mass is 16.5. The van der Waals surface area contributed by atoms with Gasteiger partial charge in [-0.05, 0) is 90.9 Å². The molecule has 0 N–H and O–H groups in total. The van der Waals surface area contributed by atoms with E-state index in [0.29, 0.717) is 0 Å². The summed E-state index contributed by atoms with van der Waals surface area (Å²) in [5.41, 5.74) is 13.0. The Morgan fingerprint density at radius 1 is 0.524 bits per heavy atom. The number of aryl methyl sites for hydroxylation is 2. The highest BCUT2D eigenvalue weighted by Gasteiger charge is 2.41. The zero-order valence-electron chi connectivity index (χ0n) is 23.7. The van der Waals surface area contributed by atoms with E-state index in [1.807, 2.05) is 0 Å². The summed E-state index contributed by atoms with van der Waals surface area (Å²) in [6.07, 6.45) is 0. The Kier molecular flexibility index (Phi) is 5.68. The Hall–Kier alpha value is -5.22. The number of nitrogens with zero attached hydrogens (tertiary/aromatic N) is 2. The normalized spacial score (nSPS) is 12.6. The third kappa shape index (κ3) is 3.91. The fourth-order valence-electron chi connectivity index (χ4n) is 6.45. The quantitative estimate of drug-likeness (QED) is 0.210. The summed E-state index contributed by atoms with van der Waals surface area (Å²) in [5, 5.41) is 0. The first-order valence-corrected chi connectivity index (χ1v) is 14.5. The van der Waals surface area contributed by atoms with Crippen molar-refractivity contribution in [2.24, 2.45) is 0 Å². The van der Waals surface area contributed by atoms with Gasteiger partial charge in [0.25, 0.3) is 6.71 Å². The van der Waals surface area contributed by atoms with Gasteiger partial charge in [-0.15, -0.1) is 0 Å². The van der Waals surface area contributed by atoms with Crippen molar-refractivity contribution in [1.82, 2.24) is 0 Å². The van der Waals surface area contributed by atoms with Crippen LogP contribution >= 0.6 is 0 Å². The van der Waals surface area contributed by atoms with E-state index in [-0.39, 0.29) is 6.71 Å². The van der Waals surface area contributed by atoms with Crippen molar-refractivity contribution in [1.29, 1.82) is 0 Å². The summed E-state index contributed by atoms with van der Waals surface area (Å²) in [6.45, 7) is 4.33. The molecule has 6 aromatic carbocycles. The van der Waals surface area contributed by atoms with Gasteiger partial charge in [0.15, 0.2) is 0 Å². The molecule has 42 heavy (non-hydrogen) atoms. The summed E-state index contributed by atoms with van der Waals surface area (Å²) in [6, 6.07) is 49.9. The Bertz CT molecular complexity index is 1890. The predicted molar refractivity (Wildman–Crippen MR) is 176 cm³/mol. The number of ether oxygens (including phenoxy) is 1. The molecule has 2 heterocycles. The van der Waals surface area contributed by atoms with E-state index < -0.39 is 0 Å². The van der Waals surface area contributed by atoms with Crippen LogP contribution in [-0.2, 0) is 0 Å². The first-order valence-electron chi connectivity index (χ1n) is 14.5. The third-order valence-electron chi connectivity index (χ3n) is 8.45. The Balaban J connectivity index is 1.30. The van der Waals surface area contributed by atoms with Gasteiger partial charge in [0, 0.05) is 40.2 Å². The van der Waals surface area contributed by atoms with Crippen LogP contribution in [0.1, 0.15) is 11.1 Å². The maximum atomic E-state index is 6.77. The summed E-state index contributed by atoms with van der Waals surface area (Å²) in [7, 11) is 0. The molecule has 0 aliphatic carbocycles. The van der Waals surface area contributed by atoms with Crippen molar-refractivity contribution in [3.63, 3.8) is 0 Å². The number of hydrogen-bond acceptors (Lipinski definition) is 3. The van der Waals surface area contributed by atoms with E-state index in [0.717, 1.165) is 39.9 Å². The molecule has 4 heteroatoms. The minimum absolute atomic E-state index is 0.0809. The number of fused-ring (bicyclic) bond motifs is 4. The monoisotopic (exact) mass is 540 g/mol. The molecule has 0 unspecified atom stereocenters. The van der Waals surface area contributed by atoms with Crippen molar-refractivity contribution in [3.05, 3.63) is 151 Å². The van der Waals surface area contributed by atoms with E-state index in [1.54, 1.807) is 0 Å². The minimum atomic E-state index is 0.0809. The number of hydrogen-bond donors (Lipinski definition) is 0. The van der Waals surface area contributed by atoms with Gasteiger partial charge in [-0.25, -0.2) is 0 Å². The SMILES string of the molecule is Cc1ccc(N(c2ccc(C)cc2)c2ccc3c(c2)Oc2cccc4c2B3c2ccccc2N4c2ccccc2)cc1. The van der Waals surface area contributed by atoms with Crippen molar-refractivity contribution in [3.8, 4) is 11.5 Å². The lowest BCUT2D eigenvalue weighted by Gasteiger charge is -2.40. The molecular weight excluding hydrogens is 511 g/mol. The van der Waals surface area contributed by atoms with E-state index >= 15 is 0 Å². The molecule has 3 nitrogen and oxygen atoms in total. The average Bonchev–Trinajstić information content (AvgIpc) is 3.03. The maximum absolute atomic E-state index is 6.77. The van der Waals surface area contributed by atoms with Crippen LogP contribution in [0.25, 0.3) is 0 Å². The molecule has 0 fully saturated rings. The molecular formula is C38H29BN2O. The molecule has 0 saturated heterocycles. The van der Waals surface area contributed by atoms with Gasteiger partial charge in [0.2, 0.25) is 0 Å². The van der Waals surface area contributed by atoms with Crippen molar-refractivity contribution < 1.29 is 4.74 Å². The van der Waals surface area contributed by atoms with E-state index in [2.05, 4.69) is 163 Å². The lowest BCUT2D eigenvalue weighted by Crippen LogP contribution is -2.59. The maximum Gasteiger partial charge on any atom is 0.256 e. The van der Waals surface area contributed by atoms with Crippen molar-refractivity contribution in [2.45, 2.75) is 13.8 Å². The molecule has 0 bridgehead atoms. The van der Waals surface area contributed by atoms with Crippen LogP contribution in [0.15, 0.2) is 140 Å². The summed E-state index contributed by atoms with van der Waals surface area (Å²) in [4.78, 5) is 4.67. The topological polar surface area (TPSA) is 15.7 Å². The predicted octanol–water partition coefficient (Wildman–Crippen LogP) is 8.18. The van der Waals surface area contributed by atoms with Crippen LogP contribution in [0.3, 0.4) is 0 Å². The molecule has 2 aliphatic heterocycles. The van der Waals surface area contributed by atoms with E-state index in [1.165, 1.54) is 33.2 Å². The highest BCUT2D eigenvalue weighted by molar-refractivity contribution is 6.99. The minimum Gasteiger partial charge on any atom is -0.458 e. The van der Waals surface area contributed by atoms with Gasteiger partial charge in [-0.2, -0.15) is 0 Å². The fourth-order valence-corrected chi connectivity index (χ4v) is 6.45. The molecule has 0 atom stereocenters. The molecule has 0 spiro atoms. The van der Waals surface area contributed by atoms with Crippen LogP contribution in [0, 0.1) is 13.8 Å². The number of rotatable bonds is 4. The highest BCUT2D eigenvalue weighted by Crippen LogP contribution is 2.42. The molecule has 8 rings (SSSR count). The fraction of sp³-hybridized carbons (Fsp3) is 0.0526. The van der Waals surface area contributed by atoms with E-state index in [9.17, 15) is 0 Å². The molecule has 2 aliphatic rings. The van der Waals surface area contributed by atoms with Crippen molar-refractivity contribution >= 4 is 57.2 Å². The van der Waals surface area contributed by atoms with E-state index in [4.69, 9.17) is 4.74 Å². The lowest BCUT2D eigenvalue weighted by atomic mass is 9.34. The molecule has 6 aromatic rings. The summed E-state index contributed by atoms with van der Waals surface area (Å²) >= 11 is 0. The molecule has 0 amide bonds. The van der Waals surface area contributed by atoms with Crippen molar-refractivity contribution in [2.75, 3.05) is 9.80 Å². The second kappa shape index (κ2) is 9.71. The van der Waals surface area contributed by atoms with Gasteiger partial charge in [0.1, 0.15) is 11.5 Å². The standard InChI is InChI=1S/C38H29BN2O/c1-26-15-19-29(20-16-26)40(30-21-17-27(2)18-22-30)31-23-24-33-37(25-31)42-36-14-8-13-35-38(36)39(33)32-11-6-7-12-34(32)41(35)28-9-4-3-5-10-28/h3-25H,1-2H3. The van der Waals surface area contributed by atoms with Crippen LogP contribution in [0.2, 0.25) is 0 Å². The molecule has 0 saturated carbocycles. The molecule has 200 valence electrons. The number of para-hydroxylation sites is 2. The average molecular weight is 540 g/mol. The van der Waals surface area contributed by atoms with Crippen LogP contribution in [0.4, 0.5) is 34.1 Å². The second-order valence-corrected chi connectivity index (χ2v) is 11.2. The van der Waals surface area contributed by atoms with Gasteiger partial charge >= 0.3 is 0 Å². The van der Waals surface area contributed by atoms with Crippen LogP contribution in [-0.4, -0.2) is 6.71 Å². The van der Waals surface area contributed by atoms with Crippen LogP contribution < -0.4 is 30.9 Å². The number of anilines is 6. The second-order valence-electron chi connectivity index (χ2n) is 11.2. The van der Waals surface area contributed by atoms with Crippen LogP contribution in [0.5, 0.6) is 11.5 Å². The number of benzene rings is 6. The molecule has 0 aromatic heterocycles.